The van der Waals surface area contributed by atoms with Gasteiger partial charge in [-0.25, -0.2) is 4.79 Å². The van der Waals surface area contributed by atoms with E-state index in [1.54, 1.807) is 18.2 Å². The molecule has 0 fully saturated rings. The van der Waals surface area contributed by atoms with Gasteiger partial charge in [-0.05, 0) is 36.4 Å². The molecule has 2 rings (SSSR count). The van der Waals surface area contributed by atoms with Gasteiger partial charge in [0.05, 0.1) is 7.11 Å². The zero-order chi connectivity index (χ0) is 17.7. The number of hydrogen-bond acceptors (Lipinski definition) is 4. The second-order valence-corrected chi connectivity index (χ2v) is 5.66. The average Bonchev–Trinajstić information content (AvgIpc) is 2.52. The number of methoxy groups -OCH3 is 1. The number of amides is 1. The van der Waals surface area contributed by atoms with Crippen molar-refractivity contribution in [2.24, 2.45) is 0 Å². The molecule has 0 saturated carbocycles. The van der Waals surface area contributed by atoms with Gasteiger partial charge >= 0.3 is 5.97 Å². The van der Waals surface area contributed by atoms with E-state index in [0.717, 1.165) is 4.47 Å². The molecule has 0 aliphatic carbocycles. The average molecular weight is 392 g/mol. The standard InChI is InChI=1S/C17H14BrNO5/c1-24-15-6-3-11(18)8-10(15)2-7-16(21)19-12-4-5-13(17(22)23)14(20)9-12/h2-9,20H,1H3,(H,19,21)(H,22,23). The van der Waals surface area contributed by atoms with E-state index in [1.807, 2.05) is 6.07 Å². The van der Waals surface area contributed by atoms with Crippen molar-refractivity contribution in [1.82, 2.24) is 0 Å². The zero-order valence-electron chi connectivity index (χ0n) is 12.6. The van der Waals surface area contributed by atoms with Crippen LogP contribution in [0.5, 0.6) is 11.5 Å². The van der Waals surface area contributed by atoms with Crippen LogP contribution in [-0.4, -0.2) is 29.2 Å². The number of phenols is 1. The van der Waals surface area contributed by atoms with Crippen molar-refractivity contribution in [3.63, 3.8) is 0 Å². The van der Waals surface area contributed by atoms with Crippen molar-refractivity contribution < 1.29 is 24.5 Å². The summed E-state index contributed by atoms with van der Waals surface area (Å²) in [5.74, 6) is -1.48. The van der Waals surface area contributed by atoms with Gasteiger partial charge in [-0.1, -0.05) is 15.9 Å². The first-order valence-corrected chi connectivity index (χ1v) is 7.59. The van der Waals surface area contributed by atoms with Gasteiger partial charge in [0.25, 0.3) is 0 Å². The van der Waals surface area contributed by atoms with E-state index in [9.17, 15) is 14.7 Å². The normalized spacial score (nSPS) is 10.6. The van der Waals surface area contributed by atoms with Gasteiger partial charge in [0.15, 0.2) is 0 Å². The highest BCUT2D eigenvalue weighted by atomic mass is 79.9. The lowest BCUT2D eigenvalue weighted by Crippen LogP contribution is -2.08. The molecule has 2 aromatic rings. The number of halogens is 1. The van der Waals surface area contributed by atoms with Crippen LogP contribution in [0.3, 0.4) is 0 Å². The van der Waals surface area contributed by atoms with E-state index in [-0.39, 0.29) is 11.3 Å². The first-order chi connectivity index (χ1) is 11.4. The van der Waals surface area contributed by atoms with Crippen molar-refractivity contribution >= 4 is 39.6 Å². The number of carboxylic acid groups (broad SMARTS) is 1. The van der Waals surface area contributed by atoms with Crippen molar-refractivity contribution in [2.45, 2.75) is 0 Å². The lowest BCUT2D eigenvalue weighted by molar-refractivity contribution is -0.111. The van der Waals surface area contributed by atoms with Crippen LogP contribution in [-0.2, 0) is 4.79 Å². The number of carbonyl (C=O) groups excluding carboxylic acids is 1. The molecule has 124 valence electrons. The summed E-state index contributed by atoms with van der Waals surface area (Å²) in [7, 11) is 1.54. The minimum absolute atomic E-state index is 0.234. The second-order valence-electron chi connectivity index (χ2n) is 4.75. The molecule has 0 unspecified atom stereocenters. The molecule has 1 amide bonds. The van der Waals surface area contributed by atoms with Crippen LogP contribution in [0.15, 0.2) is 46.9 Å². The number of aromatic carboxylic acids is 1. The summed E-state index contributed by atoms with van der Waals surface area (Å²) < 4.78 is 6.05. The number of anilines is 1. The molecule has 0 bridgehead atoms. The fourth-order valence-corrected chi connectivity index (χ4v) is 2.35. The minimum atomic E-state index is -1.24. The zero-order valence-corrected chi connectivity index (χ0v) is 14.2. The summed E-state index contributed by atoms with van der Waals surface area (Å²) in [6.45, 7) is 0. The Hall–Kier alpha value is -2.80. The van der Waals surface area contributed by atoms with Crippen molar-refractivity contribution in [3.8, 4) is 11.5 Å². The Morgan fingerprint density at radius 1 is 1.21 bits per heavy atom. The topological polar surface area (TPSA) is 95.9 Å². The fraction of sp³-hybridized carbons (Fsp3) is 0.0588. The van der Waals surface area contributed by atoms with Crippen LogP contribution >= 0.6 is 15.9 Å². The molecular weight excluding hydrogens is 378 g/mol. The molecule has 0 aliphatic rings. The van der Waals surface area contributed by atoms with Crippen LogP contribution in [0.2, 0.25) is 0 Å². The summed E-state index contributed by atoms with van der Waals surface area (Å²) >= 11 is 3.35. The molecule has 6 nitrogen and oxygen atoms in total. The highest BCUT2D eigenvalue weighted by Gasteiger charge is 2.10. The Bertz CT molecular complexity index is 817. The molecule has 24 heavy (non-hydrogen) atoms. The van der Waals surface area contributed by atoms with Crippen molar-refractivity contribution in [3.05, 3.63) is 58.1 Å². The van der Waals surface area contributed by atoms with E-state index in [0.29, 0.717) is 11.3 Å². The van der Waals surface area contributed by atoms with Gasteiger partial charge in [-0.2, -0.15) is 0 Å². The molecule has 0 aromatic heterocycles. The Kier molecular flexibility index (Phi) is 5.59. The van der Waals surface area contributed by atoms with E-state index in [4.69, 9.17) is 9.84 Å². The number of rotatable bonds is 5. The number of carboxylic acids is 1. The molecule has 0 spiro atoms. The van der Waals surface area contributed by atoms with Gasteiger partial charge in [-0.15, -0.1) is 0 Å². The van der Waals surface area contributed by atoms with Crippen LogP contribution in [0, 0.1) is 0 Å². The molecule has 0 radical (unpaired) electrons. The Labute approximate surface area is 146 Å². The number of aromatic hydroxyl groups is 1. The lowest BCUT2D eigenvalue weighted by Gasteiger charge is -2.06. The van der Waals surface area contributed by atoms with Gasteiger partial charge in [-0.3, -0.25) is 4.79 Å². The Morgan fingerprint density at radius 2 is 1.96 bits per heavy atom. The van der Waals surface area contributed by atoms with Crippen LogP contribution in [0.1, 0.15) is 15.9 Å². The third-order valence-electron chi connectivity index (χ3n) is 3.10. The quantitative estimate of drug-likeness (QED) is 0.677. The molecule has 3 N–H and O–H groups in total. The third-order valence-corrected chi connectivity index (χ3v) is 3.59. The highest BCUT2D eigenvalue weighted by molar-refractivity contribution is 9.10. The second kappa shape index (κ2) is 7.65. The Morgan fingerprint density at radius 3 is 2.58 bits per heavy atom. The SMILES string of the molecule is COc1ccc(Br)cc1C=CC(=O)Nc1ccc(C(=O)O)c(O)c1. The minimum Gasteiger partial charge on any atom is -0.507 e. The van der Waals surface area contributed by atoms with Gasteiger partial charge < -0.3 is 20.3 Å². The third kappa shape index (κ3) is 4.36. The molecule has 0 aliphatic heterocycles. The smallest absolute Gasteiger partial charge is 0.339 e. The summed E-state index contributed by atoms with van der Waals surface area (Å²) in [5.41, 5.74) is 0.766. The monoisotopic (exact) mass is 391 g/mol. The van der Waals surface area contributed by atoms with Gasteiger partial charge in [0, 0.05) is 27.9 Å². The summed E-state index contributed by atoms with van der Waals surface area (Å²) in [6, 6.07) is 9.18. The van der Waals surface area contributed by atoms with Crippen LogP contribution < -0.4 is 10.1 Å². The van der Waals surface area contributed by atoms with Gasteiger partial charge in [0.2, 0.25) is 5.91 Å². The maximum Gasteiger partial charge on any atom is 0.339 e. The summed E-state index contributed by atoms with van der Waals surface area (Å²) in [4.78, 5) is 22.8. The maximum absolute atomic E-state index is 12.0. The number of benzene rings is 2. The van der Waals surface area contributed by atoms with Crippen molar-refractivity contribution in [1.29, 1.82) is 0 Å². The first kappa shape index (κ1) is 17.6. The first-order valence-electron chi connectivity index (χ1n) is 6.79. The number of hydrogen-bond donors (Lipinski definition) is 3. The largest absolute Gasteiger partial charge is 0.507 e. The molecule has 0 heterocycles. The molecule has 7 heteroatoms. The highest BCUT2D eigenvalue weighted by Crippen LogP contribution is 2.24. The summed E-state index contributed by atoms with van der Waals surface area (Å²) in [5, 5.41) is 21.0. The predicted octanol–water partition coefficient (Wildman–Crippen LogP) is 3.51. The predicted molar refractivity (Wildman–Crippen MR) is 93.4 cm³/mol. The van der Waals surface area contributed by atoms with Crippen molar-refractivity contribution in [2.75, 3.05) is 12.4 Å². The lowest BCUT2D eigenvalue weighted by atomic mass is 10.1. The van der Waals surface area contributed by atoms with E-state index < -0.39 is 17.6 Å². The maximum atomic E-state index is 12.0. The van der Waals surface area contributed by atoms with E-state index in [2.05, 4.69) is 21.2 Å². The van der Waals surface area contributed by atoms with Crippen LogP contribution in [0.25, 0.3) is 6.08 Å². The van der Waals surface area contributed by atoms with E-state index in [1.165, 1.54) is 31.4 Å². The number of ether oxygens (including phenoxy) is 1. The number of nitrogens with one attached hydrogen (secondary N) is 1. The number of carbonyl (C=O) groups is 2. The van der Waals surface area contributed by atoms with Crippen LogP contribution in [0.4, 0.5) is 5.69 Å². The molecule has 0 saturated heterocycles. The van der Waals surface area contributed by atoms with E-state index >= 15 is 0 Å². The Balaban J connectivity index is 2.12. The summed E-state index contributed by atoms with van der Waals surface area (Å²) in [6.07, 6.45) is 2.90. The fourth-order valence-electron chi connectivity index (χ4n) is 1.98. The van der Waals surface area contributed by atoms with Gasteiger partial charge in [0.1, 0.15) is 17.1 Å². The molecular formula is C17H14BrNO5. The molecule has 2 aromatic carbocycles. The molecule has 0 atom stereocenters.